The van der Waals surface area contributed by atoms with Crippen molar-refractivity contribution in [2.24, 2.45) is 5.41 Å². The molecule has 80 valence electrons. The average molecular weight is 197 g/mol. The minimum atomic E-state index is 0.224. The standard InChI is InChI=1S/C11H19NO2/c1-3-14-10-6-11(7-10)4-5-12(8-11)9(2)13/h10H,3-8H2,1-2H3. The molecule has 0 bridgehead atoms. The predicted octanol–water partition coefficient (Wildman–Crippen LogP) is 1.42. The molecule has 0 radical (unpaired) electrons. The van der Waals surface area contributed by atoms with E-state index in [0.717, 1.165) is 32.5 Å². The molecule has 0 atom stereocenters. The van der Waals surface area contributed by atoms with Gasteiger partial charge in [-0.1, -0.05) is 0 Å². The van der Waals surface area contributed by atoms with Crippen molar-refractivity contribution >= 4 is 5.91 Å². The monoisotopic (exact) mass is 197 g/mol. The molecule has 0 N–H and O–H groups in total. The molecule has 1 saturated carbocycles. The van der Waals surface area contributed by atoms with E-state index >= 15 is 0 Å². The summed E-state index contributed by atoms with van der Waals surface area (Å²) in [6, 6.07) is 0. The number of carbonyl (C=O) groups is 1. The largest absolute Gasteiger partial charge is 0.378 e. The highest BCUT2D eigenvalue weighted by atomic mass is 16.5. The molecule has 2 fully saturated rings. The lowest BCUT2D eigenvalue weighted by molar-refractivity contribution is -0.129. The van der Waals surface area contributed by atoms with Gasteiger partial charge in [-0.25, -0.2) is 0 Å². The third kappa shape index (κ3) is 1.65. The van der Waals surface area contributed by atoms with Gasteiger partial charge in [-0.15, -0.1) is 0 Å². The predicted molar refractivity (Wildman–Crippen MR) is 54.0 cm³/mol. The highest BCUT2D eigenvalue weighted by molar-refractivity contribution is 5.73. The van der Waals surface area contributed by atoms with E-state index in [9.17, 15) is 4.79 Å². The Kier molecular flexibility index (Phi) is 2.52. The first kappa shape index (κ1) is 9.97. The van der Waals surface area contributed by atoms with Crippen molar-refractivity contribution in [3.05, 3.63) is 0 Å². The second-order valence-corrected chi connectivity index (χ2v) is 4.68. The second kappa shape index (κ2) is 3.54. The van der Waals surface area contributed by atoms with E-state index in [1.165, 1.54) is 6.42 Å². The number of rotatable bonds is 2. The van der Waals surface area contributed by atoms with Crippen LogP contribution in [-0.2, 0) is 9.53 Å². The first-order chi connectivity index (χ1) is 6.65. The van der Waals surface area contributed by atoms with Crippen LogP contribution in [0.3, 0.4) is 0 Å². The summed E-state index contributed by atoms with van der Waals surface area (Å²) in [6.45, 7) is 6.44. The molecule has 1 amide bonds. The molecular formula is C11H19NO2. The number of nitrogens with zero attached hydrogens (tertiary/aromatic N) is 1. The average Bonchev–Trinajstić information content (AvgIpc) is 2.48. The van der Waals surface area contributed by atoms with E-state index in [1.54, 1.807) is 6.92 Å². The van der Waals surface area contributed by atoms with Gasteiger partial charge in [0, 0.05) is 26.6 Å². The maximum atomic E-state index is 11.2. The number of likely N-dealkylation sites (tertiary alicyclic amines) is 1. The summed E-state index contributed by atoms with van der Waals surface area (Å²) >= 11 is 0. The summed E-state index contributed by atoms with van der Waals surface area (Å²) in [7, 11) is 0. The van der Waals surface area contributed by atoms with Crippen molar-refractivity contribution in [2.75, 3.05) is 19.7 Å². The van der Waals surface area contributed by atoms with Crippen molar-refractivity contribution in [1.29, 1.82) is 0 Å². The van der Waals surface area contributed by atoms with Gasteiger partial charge < -0.3 is 9.64 Å². The number of hydrogen-bond acceptors (Lipinski definition) is 2. The molecule has 1 heterocycles. The fourth-order valence-electron chi connectivity index (χ4n) is 2.80. The van der Waals surface area contributed by atoms with Crippen molar-refractivity contribution in [3.8, 4) is 0 Å². The molecule has 0 aromatic heterocycles. The van der Waals surface area contributed by atoms with Gasteiger partial charge in [-0.05, 0) is 31.6 Å². The first-order valence-corrected chi connectivity index (χ1v) is 5.52. The summed E-state index contributed by atoms with van der Waals surface area (Å²) in [6.07, 6.45) is 3.96. The quantitative estimate of drug-likeness (QED) is 0.670. The van der Waals surface area contributed by atoms with Crippen LogP contribution in [0.4, 0.5) is 0 Å². The lowest BCUT2D eigenvalue weighted by Gasteiger charge is -2.44. The van der Waals surface area contributed by atoms with Crippen LogP contribution in [0, 0.1) is 5.41 Å². The highest BCUT2D eigenvalue weighted by Crippen LogP contribution is 2.49. The van der Waals surface area contributed by atoms with Gasteiger partial charge in [0.15, 0.2) is 0 Å². The molecule has 3 nitrogen and oxygen atoms in total. The number of hydrogen-bond donors (Lipinski definition) is 0. The molecule has 2 aliphatic rings. The summed E-state index contributed by atoms with van der Waals surface area (Å²) in [5, 5.41) is 0. The van der Waals surface area contributed by atoms with Crippen LogP contribution < -0.4 is 0 Å². The smallest absolute Gasteiger partial charge is 0.219 e. The van der Waals surface area contributed by atoms with Gasteiger partial charge in [-0.3, -0.25) is 4.79 Å². The Morgan fingerprint density at radius 3 is 2.79 bits per heavy atom. The van der Waals surface area contributed by atoms with Gasteiger partial charge >= 0.3 is 0 Å². The van der Waals surface area contributed by atoms with Gasteiger partial charge in [0.2, 0.25) is 5.91 Å². The van der Waals surface area contributed by atoms with E-state index in [2.05, 4.69) is 0 Å². The third-order valence-electron chi connectivity index (χ3n) is 3.61. The minimum absolute atomic E-state index is 0.224. The lowest BCUT2D eigenvalue weighted by Crippen LogP contribution is -2.44. The highest BCUT2D eigenvalue weighted by Gasteiger charge is 2.49. The number of ether oxygens (including phenoxy) is 1. The third-order valence-corrected chi connectivity index (χ3v) is 3.61. The van der Waals surface area contributed by atoms with Gasteiger partial charge in [0.25, 0.3) is 0 Å². The van der Waals surface area contributed by atoms with E-state index in [4.69, 9.17) is 4.74 Å². The van der Waals surface area contributed by atoms with E-state index in [-0.39, 0.29) is 5.91 Å². The van der Waals surface area contributed by atoms with E-state index in [0.29, 0.717) is 11.5 Å². The molecular weight excluding hydrogens is 178 g/mol. The van der Waals surface area contributed by atoms with Crippen molar-refractivity contribution < 1.29 is 9.53 Å². The Hall–Kier alpha value is -0.570. The summed E-state index contributed by atoms with van der Waals surface area (Å²) in [5.74, 6) is 0.224. The molecule has 2 rings (SSSR count). The minimum Gasteiger partial charge on any atom is -0.378 e. The fraction of sp³-hybridized carbons (Fsp3) is 0.909. The fourth-order valence-corrected chi connectivity index (χ4v) is 2.80. The number of carbonyl (C=O) groups excluding carboxylic acids is 1. The molecule has 0 unspecified atom stereocenters. The topological polar surface area (TPSA) is 29.5 Å². The molecule has 0 aromatic carbocycles. The first-order valence-electron chi connectivity index (χ1n) is 5.52. The molecule has 0 aromatic rings. The van der Waals surface area contributed by atoms with Gasteiger partial charge in [0.1, 0.15) is 0 Å². The molecule has 14 heavy (non-hydrogen) atoms. The van der Waals surface area contributed by atoms with Gasteiger partial charge in [0.05, 0.1) is 6.10 Å². The molecule has 3 heteroatoms. The van der Waals surface area contributed by atoms with Crippen LogP contribution in [0.5, 0.6) is 0 Å². The zero-order valence-electron chi connectivity index (χ0n) is 9.08. The Morgan fingerprint density at radius 1 is 1.57 bits per heavy atom. The van der Waals surface area contributed by atoms with Crippen molar-refractivity contribution in [1.82, 2.24) is 4.90 Å². The normalized spacial score (nSPS) is 36.1. The summed E-state index contributed by atoms with van der Waals surface area (Å²) in [4.78, 5) is 13.2. The Labute approximate surface area is 85.4 Å². The van der Waals surface area contributed by atoms with Gasteiger partial charge in [-0.2, -0.15) is 0 Å². The summed E-state index contributed by atoms with van der Waals surface area (Å²) < 4.78 is 5.56. The molecule has 1 aliphatic carbocycles. The van der Waals surface area contributed by atoms with Crippen molar-refractivity contribution in [2.45, 2.75) is 39.2 Å². The Morgan fingerprint density at radius 2 is 2.29 bits per heavy atom. The van der Waals surface area contributed by atoms with Crippen LogP contribution in [0.15, 0.2) is 0 Å². The maximum Gasteiger partial charge on any atom is 0.219 e. The van der Waals surface area contributed by atoms with Crippen LogP contribution in [0.25, 0.3) is 0 Å². The van der Waals surface area contributed by atoms with E-state index in [1.807, 2.05) is 11.8 Å². The van der Waals surface area contributed by atoms with Crippen LogP contribution in [-0.4, -0.2) is 36.6 Å². The SMILES string of the molecule is CCOC1CC2(CCN(C(C)=O)C2)C1. The molecule has 1 aliphatic heterocycles. The van der Waals surface area contributed by atoms with Crippen LogP contribution in [0.1, 0.15) is 33.1 Å². The second-order valence-electron chi connectivity index (χ2n) is 4.68. The van der Waals surface area contributed by atoms with Crippen molar-refractivity contribution in [3.63, 3.8) is 0 Å². The number of amides is 1. The molecule has 1 spiro atoms. The van der Waals surface area contributed by atoms with Crippen LogP contribution >= 0.6 is 0 Å². The Bertz CT molecular complexity index is 233. The maximum absolute atomic E-state index is 11.2. The van der Waals surface area contributed by atoms with Crippen LogP contribution in [0.2, 0.25) is 0 Å². The summed E-state index contributed by atoms with van der Waals surface area (Å²) in [5.41, 5.74) is 0.422. The zero-order chi connectivity index (χ0) is 10.2. The molecule has 1 saturated heterocycles. The Balaban J connectivity index is 1.82. The zero-order valence-corrected chi connectivity index (χ0v) is 9.08. The lowest BCUT2D eigenvalue weighted by atomic mass is 9.66. The van der Waals surface area contributed by atoms with E-state index < -0.39 is 0 Å².